The molecule has 1 saturated heterocycles. The molecule has 1 aromatic heterocycles. The number of hydrogen-bond acceptors (Lipinski definition) is 6. The summed E-state index contributed by atoms with van der Waals surface area (Å²) in [6.07, 6.45) is 3.68. The summed E-state index contributed by atoms with van der Waals surface area (Å²) in [5.41, 5.74) is 7.01. The van der Waals surface area contributed by atoms with Crippen LogP contribution in [-0.2, 0) is 22.5 Å². The highest BCUT2D eigenvalue weighted by atomic mass is 16.5. The molecule has 166 valence electrons. The minimum atomic E-state index is -1.02. The number of fused-ring (bicyclic) bond motifs is 3. The van der Waals surface area contributed by atoms with Gasteiger partial charge in [0.05, 0.1) is 11.8 Å². The van der Waals surface area contributed by atoms with Crippen molar-refractivity contribution >= 4 is 5.91 Å². The van der Waals surface area contributed by atoms with E-state index in [4.69, 9.17) is 19.9 Å². The van der Waals surface area contributed by atoms with E-state index in [1.807, 2.05) is 32.0 Å². The highest BCUT2D eigenvalue weighted by molar-refractivity contribution is 5.83. The van der Waals surface area contributed by atoms with Gasteiger partial charge in [-0.15, -0.1) is 0 Å². The molecule has 0 aliphatic carbocycles. The smallest absolute Gasteiger partial charge is 0.351 e. The van der Waals surface area contributed by atoms with E-state index in [2.05, 4.69) is 4.98 Å². The van der Waals surface area contributed by atoms with Crippen molar-refractivity contribution < 1.29 is 19.0 Å². The van der Waals surface area contributed by atoms with Crippen molar-refractivity contribution in [2.45, 2.75) is 64.2 Å². The number of ether oxygens (including phenoxy) is 3. The molecule has 0 saturated carbocycles. The van der Waals surface area contributed by atoms with Crippen molar-refractivity contribution in [3.63, 3.8) is 0 Å². The van der Waals surface area contributed by atoms with Crippen molar-refractivity contribution in [3.05, 3.63) is 40.3 Å². The Bertz CT molecular complexity index is 1020. The van der Waals surface area contributed by atoms with Crippen LogP contribution in [-0.4, -0.2) is 40.4 Å². The van der Waals surface area contributed by atoms with Gasteiger partial charge in [0, 0.05) is 24.8 Å². The molecule has 2 aromatic rings. The number of primary amides is 1. The second kappa shape index (κ2) is 8.70. The predicted octanol–water partition coefficient (Wildman–Crippen LogP) is 2.45. The fraction of sp³-hybridized carbons (Fsp3) is 0.522. The van der Waals surface area contributed by atoms with Crippen LogP contribution in [0, 0.1) is 0 Å². The third-order valence-electron chi connectivity index (χ3n) is 6.29. The Morgan fingerprint density at radius 3 is 2.81 bits per heavy atom. The Morgan fingerprint density at radius 2 is 2.13 bits per heavy atom. The first kappa shape index (κ1) is 21.4. The second-order valence-electron chi connectivity index (χ2n) is 8.10. The zero-order valence-electron chi connectivity index (χ0n) is 18.1. The molecular formula is C23H29N3O5. The molecule has 1 fully saturated rings. The molecule has 1 atom stereocenters. The van der Waals surface area contributed by atoms with Gasteiger partial charge in [-0.05, 0) is 55.9 Å². The minimum Gasteiger partial charge on any atom is -0.477 e. The van der Waals surface area contributed by atoms with Crippen LogP contribution in [0.4, 0.5) is 0 Å². The van der Waals surface area contributed by atoms with E-state index < -0.39 is 11.5 Å². The van der Waals surface area contributed by atoms with Crippen molar-refractivity contribution in [1.29, 1.82) is 0 Å². The molecule has 2 aliphatic rings. The molecule has 8 nitrogen and oxygen atoms in total. The Morgan fingerprint density at radius 1 is 1.32 bits per heavy atom. The van der Waals surface area contributed by atoms with Gasteiger partial charge in [-0.25, -0.2) is 4.79 Å². The zero-order chi connectivity index (χ0) is 22.0. The first-order valence-electron chi connectivity index (χ1n) is 10.9. The number of aromatic nitrogens is 2. The quantitative estimate of drug-likeness (QED) is 0.694. The molecule has 0 spiro atoms. The first-order chi connectivity index (χ1) is 15.0. The molecule has 2 aliphatic heterocycles. The number of aryl methyl sites for hydroxylation is 1. The fourth-order valence-corrected chi connectivity index (χ4v) is 4.29. The molecule has 0 radical (unpaired) electrons. The molecule has 2 N–H and O–H groups in total. The highest BCUT2D eigenvalue weighted by Crippen LogP contribution is 2.34. The number of amides is 1. The number of benzene rings is 1. The lowest BCUT2D eigenvalue weighted by Crippen LogP contribution is -2.48. The van der Waals surface area contributed by atoms with Crippen molar-refractivity contribution in [2.75, 3.05) is 13.2 Å². The maximum absolute atomic E-state index is 12.6. The van der Waals surface area contributed by atoms with E-state index >= 15 is 0 Å². The molecule has 31 heavy (non-hydrogen) atoms. The van der Waals surface area contributed by atoms with Crippen molar-refractivity contribution in [3.8, 4) is 22.9 Å². The van der Waals surface area contributed by atoms with Crippen LogP contribution in [0.1, 0.15) is 45.1 Å². The first-order valence-corrected chi connectivity index (χ1v) is 10.9. The van der Waals surface area contributed by atoms with Gasteiger partial charge in [-0.2, -0.15) is 4.98 Å². The topological polar surface area (TPSA) is 106 Å². The van der Waals surface area contributed by atoms with E-state index in [1.54, 1.807) is 10.6 Å². The monoisotopic (exact) mass is 427 g/mol. The number of carbonyl (C=O) groups excluding carboxylic acids is 1. The van der Waals surface area contributed by atoms with Gasteiger partial charge in [0.15, 0.2) is 5.60 Å². The largest absolute Gasteiger partial charge is 0.477 e. The molecule has 1 amide bonds. The number of nitrogens with zero attached hydrogens (tertiary/aromatic N) is 2. The maximum Gasteiger partial charge on any atom is 0.351 e. The fourth-order valence-electron chi connectivity index (χ4n) is 4.29. The van der Waals surface area contributed by atoms with Gasteiger partial charge in [-0.1, -0.05) is 13.8 Å². The van der Waals surface area contributed by atoms with Crippen LogP contribution in [0.25, 0.3) is 11.3 Å². The lowest BCUT2D eigenvalue weighted by atomic mass is 9.95. The van der Waals surface area contributed by atoms with Gasteiger partial charge in [0.25, 0.3) is 5.91 Å². The van der Waals surface area contributed by atoms with Crippen LogP contribution in [0.2, 0.25) is 0 Å². The lowest BCUT2D eigenvalue weighted by molar-refractivity contribution is -0.134. The predicted molar refractivity (Wildman–Crippen MR) is 115 cm³/mol. The molecule has 4 rings (SSSR count). The molecular weight excluding hydrogens is 398 g/mol. The Balaban J connectivity index is 1.61. The molecule has 8 heteroatoms. The van der Waals surface area contributed by atoms with Crippen LogP contribution >= 0.6 is 0 Å². The summed E-state index contributed by atoms with van der Waals surface area (Å²) in [6, 6.07) is 7.46. The van der Waals surface area contributed by atoms with E-state index in [-0.39, 0.29) is 11.8 Å². The number of carbonyl (C=O) groups is 1. The maximum atomic E-state index is 12.6. The zero-order valence-corrected chi connectivity index (χ0v) is 18.1. The van der Waals surface area contributed by atoms with Crippen LogP contribution in [0.5, 0.6) is 11.6 Å². The van der Waals surface area contributed by atoms with E-state index in [0.717, 1.165) is 36.3 Å². The van der Waals surface area contributed by atoms with Crippen LogP contribution < -0.4 is 20.9 Å². The summed E-state index contributed by atoms with van der Waals surface area (Å²) in [5, 5.41) is 0. The van der Waals surface area contributed by atoms with Gasteiger partial charge in [-0.3, -0.25) is 9.36 Å². The summed E-state index contributed by atoms with van der Waals surface area (Å²) in [7, 11) is 0. The second-order valence-corrected chi connectivity index (χ2v) is 8.10. The number of nitrogens with two attached hydrogens (primary N) is 1. The highest BCUT2D eigenvalue weighted by Gasteiger charge is 2.35. The Hall–Kier alpha value is -2.87. The molecule has 1 aromatic carbocycles. The van der Waals surface area contributed by atoms with Gasteiger partial charge in [0.2, 0.25) is 5.88 Å². The Labute approximate surface area is 181 Å². The van der Waals surface area contributed by atoms with Crippen LogP contribution in [0.3, 0.4) is 0 Å². The van der Waals surface area contributed by atoms with Crippen LogP contribution in [0.15, 0.2) is 29.1 Å². The SMILES string of the molecule is CCC(CC)(Oc1ccc2c(c1)CCn1c-2cc(OCC2CCCO2)nc1=O)C(N)=O. The lowest BCUT2D eigenvalue weighted by Gasteiger charge is -2.30. The van der Waals surface area contributed by atoms with Gasteiger partial charge < -0.3 is 19.9 Å². The molecule has 0 bridgehead atoms. The van der Waals surface area contributed by atoms with Crippen molar-refractivity contribution in [2.24, 2.45) is 5.73 Å². The summed E-state index contributed by atoms with van der Waals surface area (Å²) in [4.78, 5) is 28.6. The van der Waals surface area contributed by atoms with Gasteiger partial charge in [0.1, 0.15) is 12.4 Å². The average Bonchev–Trinajstić information content (AvgIpc) is 3.29. The summed E-state index contributed by atoms with van der Waals surface area (Å²) < 4.78 is 19.1. The van der Waals surface area contributed by atoms with E-state index in [9.17, 15) is 9.59 Å². The normalized spacial score (nSPS) is 17.7. The van der Waals surface area contributed by atoms with E-state index in [1.165, 1.54) is 0 Å². The number of hydrogen-bond donors (Lipinski definition) is 1. The Kier molecular flexibility index (Phi) is 6.00. The summed E-state index contributed by atoms with van der Waals surface area (Å²) in [6.45, 7) is 5.44. The van der Waals surface area contributed by atoms with E-state index in [0.29, 0.717) is 44.0 Å². The minimum absolute atomic E-state index is 0.0511. The standard InChI is InChI=1S/C23H29N3O5/c1-3-23(4-2,21(24)27)31-16-7-8-18-15(12-16)9-10-26-19(18)13-20(25-22(26)28)30-14-17-6-5-11-29-17/h7-8,12-13,17H,3-6,9-11,14H2,1-2H3,(H2,24,27). The van der Waals surface area contributed by atoms with Crippen molar-refractivity contribution in [1.82, 2.24) is 9.55 Å². The summed E-state index contributed by atoms with van der Waals surface area (Å²) in [5.74, 6) is 0.442. The number of rotatable bonds is 8. The molecule has 3 heterocycles. The average molecular weight is 428 g/mol. The van der Waals surface area contributed by atoms with Gasteiger partial charge >= 0.3 is 5.69 Å². The third kappa shape index (κ3) is 4.17. The molecule has 1 unspecified atom stereocenters. The summed E-state index contributed by atoms with van der Waals surface area (Å²) >= 11 is 0. The third-order valence-corrected chi connectivity index (χ3v) is 6.29.